The van der Waals surface area contributed by atoms with Crippen LogP contribution in [0.5, 0.6) is 0 Å². The molecule has 0 amide bonds. The van der Waals surface area contributed by atoms with Crippen LogP contribution in [0.4, 0.5) is 0 Å². The lowest BCUT2D eigenvalue weighted by Crippen LogP contribution is -2.73. The van der Waals surface area contributed by atoms with Crippen molar-refractivity contribution in [2.24, 2.45) is 45.3 Å². The topological polar surface area (TPSA) is 66.8 Å². The summed E-state index contributed by atoms with van der Waals surface area (Å²) in [4.78, 5) is 11.1. The summed E-state index contributed by atoms with van der Waals surface area (Å²) in [6, 6.07) is 0. The van der Waals surface area contributed by atoms with Gasteiger partial charge >= 0.3 is 5.97 Å². The normalized spacial score (nSPS) is 49.2. The predicted octanol–water partition coefficient (Wildman–Crippen LogP) is 6.74. The number of allylic oxidation sites excluding steroid dienone is 2. The van der Waals surface area contributed by atoms with E-state index < -0.39 is 11.8 Å². The van der Waals surface area contributed by atoms with E-state index in [1.54, 1.807) is 6.92 Å². The molecule has 6 rings (SSSR count). The molecule has 6 fully saturated rings. The minimum Gasteiger partial charge on any atom is -0.478 e. The van der Waals surface area contributed by atoms with Crippen molar-refractivity contribution < 1.29 is 19.7 Å². The van der Waals surface area contributed by atoms with Gasteiger partial charge in [-0.3, -0.25) is 0 Å². The molecule has 6 aliphatic rings. The van der Waals surface area contributed by atoms with Crippen LogP contribution in [0.25, 0.3) is 0 Å². The first-order valence-corrected chi connectivity index (χ1v) is 13.8. The first-order chi connectivity index (χ1) is 15.8. The monoisotopic (exact) mass is 470 g/mol. The summed E-state index contributed by atoms with van der Waals surface area (Å²) < 4.78 is 6.31. The van der Waals surface area contributed by atoms with E-state index in [1.807, 2.05) is 6.08 Å². The van der Waals surface area contributed by atoms with Gasteiger partial charge in [-0.05, 0) is 99.2 Å². The zero-order valence-electron chi connectivity index (χ0n) is 22.1. The van der Waals surface area contributed by atoms with Crippen molar-refractivity contribution in [3.05, 3.63) is 23.8 Å². The lowest BCUT2D eigenvalue weighted by Gasteiger charge is -2.74. The van der Waals surface area contributed by atoms with Gasteiger partial charge in [0.05, 0.1) is 6.61 Å². The molecule has 1 spiro atoms. The maximum Gasteiger partial charge on any atom is 0.330 e. The third-order valence-electron chi connectivity index (χ3n) is 12.6. The standard InChI is InChI=1S/C30H46O4/c1-19(8-7-9-20(2)25(31)32)21-12-14-27(5)22(21)10-11-24-28(27,6)15-13-23-26(3,4)30(33)17-16-29(23,24)18-34-30/h9,21-24,33H,1,7-8,10-18H2,2-6H3,(H,31,32)/b20-9+/t21-,22-,23+,24+,27-,28-,29+,30+/m1/s1. The molecule has 2 N–H and O–H groups in total. The average molecular weight is 471 g/mol. The Morgan fingerprint density at radius 1 is 1.00 bits per heavy atom. The molecule has 2 heterocycles. The lowest BCUT2D eigenvalue weighted by molar-refractivity contribution is -0.398. The lowest BCUT2D eigenvalue weighted by atomic mass is 9.34. The van der Waals surface area contributed by atoms with E-state index in [4.69, 9.17) is 9.84 Å². The molecule has 4 nitrogen and oxygen atoms in total. The molecular formula is C30H46O4. The first-order valence-electron chi connectivity index (χ1n) is 13.8. The van der Waals surface area contributed by atoms with Crippen molar-refractivity contribution in [1.82, 2.24) is 0 Å². The van der Waals surface area contributed by atoms with Gasteiger partial charge in [0.2, 0.25) is 0 Å². The van der Waals surface area contributed by atoms with Crippen LogP contribution in [-0.2, 0) is 9.53 Å². The van der Waals surface area contributed by atoms with Crippen molar-refractivity contribution in [3.8, 4) is 0 Å². The smallest absolute Gasteiger partial charge is 0.330 e. The van der Waals surface area contributed by atoms with Gasteiger partial charge in [-0.2, -0.15) is 0 Å². The molecule has 0 aromatic heterocycles. The van der Waals surface area contributed by atoms with Crippen molar-refractivity contribution in [1.29, 1.82) is 0 Å². The van der Waals surface area contributed by atoms with Crippen LogP contribution >= 0.6 is 0 Å². The molecule has 4 heteroatoms. The molecule has 34 heavy (non-hydrogen) atoms. The maximum atomic E-state index is 11.3. The van der Waals surface area contributed by atoms with Gasteiger partial charge in [0.1, 0.15) is 0 Å². The van der Waals surface area contributed by atoms with E-state index in [2.05, 4.69) is 34.3 Å². The Morgan fingerprint density at radius 2 is 1.71 bits per heavy atom. The minimum atomic E-state index is -0.947. The van der Waals surface area contributed by atoms with Crippen molar-refractivity contribution in [2.75, 3.05) is 6.61 Å². The van der Waals surface area contributed by atoms with Crippen LogP contribution in [0.2, 0.25) is 0 Å². The molecule has 4 saturated carbocycles. The third-order valence-corrected chi connectivity index (χ3v) is 12.6. The van der Waals surface area contributed by atoms with Gasteiger partial charge < -0.3 is 14.9 Å². The van der Waals surface area contributed by atoms with E-state index in [1.165, 1.54) is 44.1 Å². The average Bonchev–Trinajstić information content (AvgIpc) is 3.13. The molecule has 0 unspecified atom stereocenters. The number of aliphatic carboxylic acids is 1. The molecule has 2 bridgehead atoms. The second kappa shape index (κ2) is 7.68. The van der Waals surface area contributed by atoms with E-state index in [0.717, 1.165) is 32.3 Å². The van der Waals surface area contributed by atoms with Crippen molar-refractivity contribution in [3.63, 3.8) is 0 Å². The van der Waals surface area contributed by atoms with Gasteiger partial charge in [-0.25, -0.2) is 4.79 Å². The van der Waals surface area contributed by atoms with E-state index in [-0.39, 0.29) is 10.8 Å². The van der Waals surface area contributed by atoms with Crippen LogP contribution in [0.1, 0.15) is 98.8 Å². The molecular weight excluding hydrogens is 424 g/mol. The Labute approximate surface area is 206 Å². The number of aliphatic hydroxyl groups is 1. The van der Waals surface area contributed by atoms with Crippen molar-refractivity contribution >= 4 is 5.97 Å². The molecule has 190 valence electrons. The number of carboxylic acid groups (broad SMARTS) is 1. The van der Waals surface area contributed by atoms with Crippen LogP contribution in [-0.4, -0.2) is 28.6 Å². The van der Waals surface area contributed by atoms with Crippen LogP contribution in [0.15, 0.2) is 23.8 Å². The second-order valence-corrected chi connectivity index (χ2v) is 13.7. The Hall–Kier alpha value is -1.13. The quantitative estimate of drug-likeness (QED) is 0.345. The van der Waals surface area contributed by atoms with E-state index >= 15 is 0 Å². The Balaban J connectivity index is 1.38. The zero-order valence-corrected chi connectivity index (χ0v) is 22.1. The highest BCUT2D eigenvalue weighted by molar-refractivity contribution is 5.85. The highest BCUT2D eigenvalue weighted by Crippen LogP contribution is 2.77. The number of carboxylic acids is 1. The summed E-state index contributed by atoms with van der Waals surface area (Å²) >= 11 is 0. The van der Waals surface area contributed by atoms with Gasteiger partial charge in [0.25, 0.3) is 0 Å². The van der Waals surface area contributed by atoms with Crippen LogP contribution in [0.3, 0.4) is 0 Å². The number of fused-ring (bicyclic) bond motifs is 5. The Morgan fingerprint density at radius 3 is 2.35 bits per heavy atom. The largest absolute Gasteiger partial charge is 0.478 e. The molecule has 0 aromatic carbocycles. The van der Waals surface area contributed by atoms with Crippen LogP contribution < -0.4 is 0 Å². The first kappa shape index (κ1) is 24.6. The fourth-order valence-electron chi connectivity index (χ4n) is 10.4. The number of rotatable bonds is 5. The van der Waals surface area contributed by atoms with Gasteiger partial charge in [-0.15, -0.1) is 0 Å². The molecule has 2 saturated heterocycles. The van der Waals surface area contributed by atoms with Gasteiger partial charge in [0.15, 0.2) is 5.79 Å². The van der Waals surface area contributed by atoms with E-state index in [9.17, 15) is 9.90 Å². The number of carbonyl (C=O) groups is 1. The summed E-state index contributed by atoms with van der Waals surface area (Å²) in [6.07, 6.45) is 12.9. The van der Waals surface area contributed by atoms with Gasteiger partial charge in [0, 0.05) is 22.8 Å². The predicted molar refractivity (Wildman–Crippen MR) is 134 cm³/mol. The summed E-state index contributed by atoms with van der Waals surface area (Å²) in [5.74, 6) is 0.678. The minimum absolute atomic E-state index is 0.184. The third kappa shape index (κ3) is 3.00. The number of ether oxygens (including phenoxy) is 1. The van der Waals surface area contributed by atoms with E-state index in [0.29, 0.717) is 40.1 Å². The molecule has 0 aromatic rings. The summed E-state index contributed by atoms with van der Waals surface area (Å²) in [7, 11) is 0. The maximum absolute atomic E-state index is 11.3. The van der Waals surface area contributed by atoms with Crippen molar-refractivity contribution in [2.45, 2.75) is 105 Å². The van der Waals surface area contributed by atoms with Gasteiger partial charge in [-0.1, -0.05) is 45.9 Å². The van der Waals surface area contributed by atoms with Crippen LogP contribution in [0, 0.1) is 45.3 Å². The number of hydrogen-bond donors (Lipinski definition) is 2. The molecule has 0 radical (unpaired) electrons. The fourth-order valence-corrected chi connectivity index (χ4v) is 10.4. The second-order valence-electron chi connectivity index (χ2n) is 13.7. The Kier molecular flexibility index (Phi) is 5.55. The zero-order chi connectivity index (χ0) is 24.7. The SMILES string of the molecule is C=C(CC/C=C(\C)C(=O)O)[C@H]1CC[C@]2(C)[C@@H]1CC[C@@H]1[C@@]34CC[C@](O)(OC3)C(C)(C)[C@@H]4CC[C@]12C. The summed E-state index contributed by atoms with van der Waals surface area (Å²) in [6.45, 7) is 16.7. The fraction of sp³-hybridized carbons (Fsp3) is 0.833. The molecule has 2 aliphatic heterocycles. The number of hydrogen-bond acceptors (Lipinski definition) is 3. The highest BCUT2D eigenvalue weighted by Gasteiger charge is 2.74. The Bertz CT molecular complexity index is 907. The highest BCUT2D eigenvalue weighted by atomic mass is 16.6. The molecule has 8 atom stereocenters. The molecule has 4 aliphatic carbocycles. The summed E-state index contributed by atoms with van der Waals surface area (Å²) in [5, 5.41) is 20.5. The summed E-state index contributed by atoms with van der Waals surface area (Å²) in [5.41, 5.74) is 2.41.